The molecular formula is C21H25NO6. The first kappa shape index (κ1) is 20.0. The summed E-state index contributed by atoms with van der Waals surface area (Å²) in [5.41, 5.74) is 1.10. The van der Waals surface area contributed by atoms with Gasteiger partial charge in [-0.3, -0.25) is 4.79 Å². The maximum Gasteiger partial charge on any atom is 0.224 e. The van der Waals surface area contributed by atoms with E-state index in [4.69, 9.17) is 18.9 Å². The fourth-order valence-corrected chi connectivity index (χ4v) is 2.79. The molecule has 150 valence electrons. The Kier molecular flexibility index (Phi) is 7.11. The summed E-state index contributed by atoms with van der Waals surface area (Å²) in [7, 11) is 1.61. The Labute approximate surface area is 164 Å². The smallest absolute Gasteiger partial charge is 0.224 e. The normalized spacial score (nSPS) is 14.5. The molecule has 0 aromatic heterocycles. The maximum atomic E-state index is 12.2. The summed E-state index contributed by atoms with van der Waals surface area (Å²) in [5, 5.41) is 12.7. The van der Waals surface area contributed by atoms with Crippen LogP contribution in [0.25, 0.3) is 0 Å². The number of aromatic hydroxyl groups is 1. The minimum absolute atomic E-state index is 0.00222. The molecule has 0 saturated carbocycles. The lowest BCUT2D eigenvalue weighted by molar-refractivity contribution is -0.183. The van der Waals surface area contributed by atoms with E-state index < -0.39 is 6.29 Å². The first-order chi connectivity index (χ1) is 13.7. The summed E-state index contributed by atoms with van der Waals surface area (Å²) < 4.78 is 21.8. The molecule has 0 spiro atoms. The van der Waals surface area contributed by atoms with Gasteiger partial charge in [0.25, 0.3) is 0 Å². The standard InChI is InChI=1S/C21H25NO6/c1-25-16-6-8-17(9-7-16)26-11-2-4-20(24)22-18-14-15(5-10-19(18)23)21-27-12-3-13-28-21/h5-10,14,21,23H,2-4,11-13H2,1H3,(H,22,24). The van der Waals surface area contributed by atoms with E-state index in [1.807, 2.05) is 24.3 Å². The highest BCUT2D eigenvalue weighted by Crippen LogP contribution is 2.30. The molecule has 1 fully saturated rings. The van der Waals surface area contributed by atoms with E-state index in [-0.39, 0.29) is 18.1 Å². The number of carbonyl (C=O) groups excluding carboxylic acids is 1. The van der Waals surface area contributed by atoms with E-state index in [9.17, 15) is 9.90 Å². The van der Waals surface area contributed by atoms with Crippen LogP contribution in [0.2, 0.25) is 0 Å². The number of nitrogens with one attached hydrogen (secondary N) is 1. The third-order valence-corrected chi connectivity index (χ3v) is 4.27. The Morgan fingerprint density at radius 1 is 1.14 bits per heavy atom. The van der Waals surface area contributed by atoms with Gasteiger partial charge in [0.15, 0.2) is 6.29 Å². The number of benzene rings is 2. The van der Waals surface area contributed by atoms with Gasteiger partial charge >= 0.3 is 0 Å². The first-order valence-corrected chi connectivity index (χ1v) is 9.28. The van der Waals surface area contributed by atoms with Crippen molar-refractivity contribution in [3.63, 3.8) is 0 Å². The van der Waals surface area contributed by atoms with Crippen molar-refractivity contribution in [1.82, 2.24) is 0 Å². The zero-order chi connectivity index (χ0) is 19.8. The van der Waals surface area contributed by atoms with Gasteiger partial charge in [0, 0.05) is 12.0 Å². The highest BCUT2D eigenvalue weighted by atomic mass is 16.7. The van der Waals surface area contributed by atoms with Gasteiger partial charge in [0.2, 0.25) is 5.91 Å². The van der Waals surface area contributed by atoms with Gasteiger partial charge in [0.1, 0.15) is 17.2 Å². The monoisotopic (exact) mass is 387 g/mol. The van der Waals surface area contributed by atoms with Crippen molar-refractivity contribution in [3.05, 3.63) is 48.0 Å². The fourth-order valence-electron chi connectivity index (χ4n) is 2.79. The Balaban J connectivity index is 1.46. The predicted octanol–water partition coefficient (Wildman–Crippen LogP) is 3.63. The molecule has 1 heterocycles. The van der Waals surface area contributed by atoms with Crippen molar-refractivity contribution >= 4 is 11.6 Å². The lowest BCUT2D eigenvalue weighted by atomic mass is 10.1. The number of hydrogen-bond acceptors (Lipinski definition) is 6. The van der Waals surface area contributed by atoms with E-state index in [1.165, 1.54) is 6.07 Å². The second-order valence-corrected chi connectivity index (χ2v) is 6.38. The largest absolute Gasteiger partial charge is 0.506 e. The minimum Gasteiger partial charge on any atom is -0.506 e. The highest BCUT2D eigenvalue weighted by Gasteiger charge is 2.18. The van der Waals surface area contributed by atoms with Crippen LogP contribution in [-0.2, 0) is 14.3 Å². The number of methoxy groups -OCH3 is 1. The van der Waals surface area contributed by atoms with Crippen LogP contribution in [-0.4, -0.2) is 37.9 Å². The average Bonchev–Trinajstić information content (AvgIpc) is 2.74. The molecule has 2 aromatic rings. The third kappa shape index (κ3) is 5.61. The number of phenolic OH excluding ortho intramolecular Hbond substituents is 1. The van der Waals surface area contributed by atoms with Crippen molar-refractivity contribution in [2.75, 3.05) is 32.2 Å². The molecule has 0 bridgehead atoms. The molecule has 0 aliphatic carbocycles. The second-order valence-electron chi connectivity index (χ2n) is 6.38. The van der Waals surface area contributed by atoms with Crippen LogP contribution in [0.4, 0.5) is 5.69 Å². The van der Waals surface area contributed by atoms with E-state index in [1.54, 1.807) is 19.2 Å². The van der Waals surface area contributed by atoms with E-state index in [2.05, 4.69) is 5.32 Å². The van der Waals surface area contributed by atoms with Crippen LogP contribution in [0.15, 0.2) is 42.5 Å². The predicted molar refractivity (Wildman–Crippen MR) is 104 cm³/mol. The topological polar surface area (TPSA) is 86.3 Å². The molecule has 0 radical (unpaired) electrons. The fraction of sp³-hybridized carbons (Fsp3) is 0.381. The maximum absolute atomic E-state index is 12.2. The van der Waals surface area contributed by atoms with E-state index >= 15 is 0 Å². The molecular weight excluding hydrogens is 362 g/mol. The van der Waals surface area contributed by atoms with Crippen molar-refractivity contribution < 1.29 is 28.8 Å². The summed E-state index contributed by atoms with van der Waals surface area (Å²) in [4.78, 5) is 12.2. The van der Waals surface area contributed by atoms with Crippen LogP contribution in [0, 0.1) is 0 Å². The molecule has 3 rings (SSSR count). The molecule has 1 aliphatic heterocycles. The summed E-state index contributed by atoms with van der Waals surface area (Å²) in [5.74, 6) is 1.29. The zero-order valence-corrected chi connectivity index (χ0v) is 15.8. The summed E-state index contributed by atoms with van der Waals surface area (Å²) in [6.45, 7) is 1.67. The molecule has 7 heteroatoms. The first-order valence-electron chi connectivity index (χ1n) is 9.28. The molecule has 2 aromatic carbocycles. The van der Waals surface area contributed by atoms with Gasteiger partial charge < -0.3 is 29.4 Å². The lowest BCUT2D eigenvalue weighted by Crippen LogP contribution is -2.18. The number of rotatable bonds is 8. The molecule has 2 N–H and O–H groups in total. The van der Waals surface area contributed by atoms with Crippen LogP contribution in [0.1, 0.15) is 31.1 Å². The second kappa shape index (κ2) is 9.96. The zero-order valence-electron chi connectivity index (χ0n) is 15.8. The molecule has 1 saturated heterocycles. The molecule has 7 nitrogen and oxygen atoms in total. The van der Waals surface area contributed by atoms with Gasteiger partial charge in [-0.05, 0) is 49.2 Å². The summed E-state index contributed by atoms with van der Waals surface area (Å²) in [6, 6.07) is 12.2. The molecule has 0 atom stereocenters. The SMILES string of the molecule is COc1ccc(OCCCC(=O)Nc2cc(C3OCCCO3)ccc2O)cc1. The van der Waals surface area contributed by atoms with Gasteiger partial charge in [-0.1, -0.05) is 6.07 Å². The summed E-state index contributed by atoms with van der Waals surface area (Å²) >= 11 is 0. The Bertz CT molecular complexity index is 771. The van der Waals surface area contributed by atoms with Gasteiger partial charge in [-0.2, -0.15) is 0 Å². The number of hydrogen-bond donors (Lipinski definition) is 2. The van der Waals surface area contributed by atoms with Crippen LogP contribution in [0.5, 0.6) is 17.2 Å². The lowest BCUT2D eigenvalue weighted by Gasteiger charge is -2.24. The van der Waals surface area contributed by atoms with Crippen molar-refractivity contribution in [2.45, 2.75) is 25.6 Å². The molecule has 0 unspecified atom stereocenters. The van der Waals surface area contributed by atoms with Crippen molar-refractivity contribution in [1.29, 1.82) is 0 Å². The minimum atomic E-state index is -0.470. The third-order valence-electron chi connectivity index (χ3n) is 4.27. The Morgan fingerprint density at radius 3 is 2.57 bits per heavy atom. The number of carbonyl (C=O) groups is 1. The highest BCUT2D eigenvalue weighted by molar-refractivity contribution is 5.92. The van der Waals surface area contributed by atoms with Gasteiger partial charge in [-0.25, -0.2) is 0 Å². The number of anilines is 1. The van der Waals surface area contributed by atoms with E-state index in [0.717, 1.165) is 23.5 Å². The van der Waals surface area contributed by atoms with Crippen LogP contribution < -0.4 is 14.8 Å². The average molecular weight is 387 g/mol. The Hall–Kier alpha value is -2.77. The molecule has 28 heavy (non-hydrogen) atoms. The van der Waals surface area contributed by atoms with Crippen LogP contribution in [0.3, 0.4) is 0 Å². The van der Waals surface area contributed by atoms with Gasteiger partial charge in [-0.15, -0.1) is 0 Å². The summed E-state index contributed by atoms with van der Waals surface area (Å²) in [6.07, 6.45) is 1.21. The van der Waals surface area contributed by atoms with Crippen molar-refractivity contribution in [3.8, 4) is 17.2 Å². The van der Waals surface area contributed by atoms with Crippen LogP contribution >= 0.6 is 0 Å². The quantitative estimate of drug-likeness (QED) is 0.531. The number of phenols is 1. The van der Waals surface area contributed by atoms with Gasteiger partial charge in [0.05, 0.1) is 32.6 Å². The van der Waals surface area contributed by atoms with Crippen molar-refractivity contribution in [2.24, 2.45) is 0 Å². The molecule has 1 amide bonds. The van der Waals surface area contributed by atoms with E-state index in [0.29, 0.717) is 31.9 Å². The number of ether oxygens (including phenoxy) is 4. The number of amides is 1. The molecule has 1 aliphatic rings. The Morgan fingerprint density at radius 2 is 1.86 bits per heavy atom.